The molecule has 0 spiro atoms. The number of pyridine rings is 1. The molecule has 21 heavy (non-hydrogen) atoms. The smallest absolute Gasteiger partial charge is 0.128 e. The first-order valence-electron chi connectivity index (χ1n) is 8.76. The van der Waals surface area contributed by atoms with E-state index in [0.29, 0.717) is 6.04 Å². The van der Waals surface area contributed by atoms with Crippen LogP contribution in [0.2, 0.25) is 0 Å². The van der Waals surface area contributed by atoms with E-state index in [9.17, 15) is 0 Å². The Morgan fingerprint density at radius 3 is 2.52 bits per heavy atom. The minimum absolute atomic E-state index is 0.659. The molecule has 0 amide bonds. The second kappa shape index (κ2) is 9.04. The Morgan fingerprint density at radius 2 is 1.86 bits per heavy atom. The van der Waals surface area contributed by atoms with Crippen LogP contribution in [0.3, 0.4) is 0 Å². The maximum atomic E-state index is 4.56. The van der Waals surface area contributed by atoms with E-state index in [1.807, 2.05) is 6.20 Å². The predicted octanol–water partition coefficient (Wildman–Crippen LogP) is 4.13. The molecule has 1 fully saturated rings. The molecule has 1 N–H and O–H groups in total. The van der Waals surface area contributed by atoms with Crippen LogP contribution in [0.5, 0.6) is 0 Å². The Labute approximate surface area is 130 Å². The van der Waals surface area contributed by atoms with Crippen LogP contribution in [0, 0.1) is 0 Å². The van der Waals surface area contributed by atoms with Gasteiger partial charge in [0.2, 0.25) is 0 Å². The van der Waals surface area contributed by atoms with Crippen molar-refractivity contribution in [1.82, 2.24) is 10.3 Å². The van der Waals surface area contributed by atoms with E-state index >= 15 is 0 Å². The van der Waals surface area contributed by atoms with Crippen molar-refractivity contribution >= 4 is 5.82 Å². The van der Waals surface area contributed by atoms with Crippen LogP contribution < -0.4 is 10.2 Å². The van der Waals surface area contributed by atoms with E-state index in [0.717, 1.165) is 25.5 Å². The Kier molecular flexibility index (Phi) is 7.01. The summed E-state index contributed by atoms with van der Waals surface area (Å²) >= 11 is 0. The molecule has 1 aromatic heterocycles. The second-order valence-corrected chi connectivity index (χ2v) is 6.23. The third-order valence-corrected chi connectivity index (χ3v) is 4.36. The van der Waals surface area contributed by atoms with Crippen LogP contribution in [0.1, 0.15) is 64.4 Å². The Hall–Kier alpha value is -1.09. The van der Waals surface area contributed by atoms with Gasteiger partial charge in [-0.2, -0.15) is 0 Å². The summed E-state index contributed by atoms with van der Waals surface area (Å²) in [6.07, 6.45) is 11.0. The van der Waals surface area contributed by atoms with E-state index in [4.69, 9.17) is 0 Å². The first-order valence-corrected chi connectivity index (χ1v) is 8.76. The number of anilines is 1. The number of aromatic nitrogens is 1. The third-order valence-electron chi connectivity index (χ3n) is 4.36. The fourth-order valence-electron chi connectivity index (χ4n) is 3.17. The highest BCUT2D eigenvalue weighted by Gasteiger charge is 2.12. The van der Waals surface area contributed by atoms with Gasteiger partial charge >= 0.3 is 0 Å². The molecule has 0 unspecified atom stereocenters. The largest absolute Gasteiger partial charge is 0.357 e. The molecule has 3 heteroatoms. The zero-order valence-electron chi connectivity index (χ0n) is 13.8. The van der Waals surface area contributed by atoms with Crippen molar-refractivity contribution in [3.05, 3.63) is 23.9 Å². The molecule has 1 aromatic rings. The summed E-state index contributed by atoms with van der Waals surface area (Å²) in [7, 11) is 0. The standard InChI is InChI=1S/C18H31N3/c1-3-8-17(9-4-2)20-15-16-10-11-19-18(14-16)21-12-6-5-7-13-21/h10-11,14,17,20H,3-9,12-13,15H2,1-2H3. The first kappa shape index (κ1) is 16.3. The molecule has 1 aliphatic heterocycles. The lowest BCUT2D eigenvalue weighted by Gasteiger charge is -2.28. The Bertz CT molecular complexity index is 393. The van der Waals surface area contributed by atoms with Crippen LogP contribution in [-0.4, -0.2) is 24.1 Å². The molecular weight excluding hydrogens is 258 g/mol. The highest BCUT2D eigenvalue weighted by atomic mass is 15.2. The molecule has 1 aliphatic rings. The quantitative estimate of drug-likeness (QED) is 0.780. The van der Waals surface area contributed by atoms with E-state index in [1.54, 1.807) is 0 Å². The van der Waals surface area contributed by atoms with Gasteiger partial charge in [-0.05, 0) is 49.8 Å². The Balaban J connectivity index is 1.90. The van der Waals surface area contributed by atoms with Crippen molar-refractivity contribution in [1.29, 1.82) is 0 Å². The molecule has 1 saturated heterocycles. The molecule has 3 nitrogen and oxygen atoms in total. The van der Waals surface area contributed by atoms with Crippen LogP contribution in [0.15, 0.2) is 18.3 Å². The van der Waals surface area contributed by atoms with Crippen molar-refractivity contribution in [3.63, 3.8) is 0 Å². The van der Waals surface area contributed by atoms with Crippen LogP contribution in [0.4, 0.5) is 5.82 Å². The summed E-state index contributed by atoms with van der Waals surface area (Å²) in [4.78, 5) is 6.99. The van der Waals surface area contributed by atoms with Crippen molar-refractivity contribution < 1.29 is 0 Å². The summed E-state index contributed by atoms with van der Waals surface area (Å²) in [5, 5.41) is 3.72. The molecule has 0 saturated carbocycles. The third kappa shape index (κ3) is 5.31. The van der Waals surface area contributed by atoms with Crippen molar-refractivity contribution in [2.75, 3.05) is 18.0 Å². The topological polar surface area (TPSA) is 28.2 Å². The number of piperidine rings is 1. The van der Waals surface area contributed by atoms with Crippen molar-refractivity contribution in [2.45, 2.75) is 71.4 Å². The van der Waals surface area contributed by atoms with E-state index in [1.165, 1.54) is 50.5 Å². The van der Waals surface area contributed by atoms with Gasteiger partial charge in [0.25, 0.3) is 0 Å². The molecule has 118 valence electrons. The lowest BCUT2D eigenvalue weighted by atomic mass is 10.1. The number of hydrogen-bond donors (Lipinski definition) is 1. The summed E-state index contributed by atoms with van der Waals surface area (Å²) in [5.41, 5.74) is 1.36. The second-order valence-electron chi connectivity index (χ2n) is 6.23. The maximum Gasteiger partial charge on any atom is 0.128 e. The molecule has 2 rings (SSSR count). The molecule has 0 aromatic carbocycles. The van der Waals surface area contributed by atoms with Gasteiger partial charge in [-0.1, -0.05) is 26.7 Å². The van der Waals surface area contributed by atoms with E-state index in [2.05, 4.69) is 41.2 Å². The van der Waals surface area contributed by atoms with Gasteiger partial charge in [-0.15, -0.1) is 0 Å². The zero-order valence-corrected chi connectivity index (χ0v) is 13.8. The summed E-state index contributed by atoms with van der Waals surface area (Å²) in [6.45, 7) is 7.83. The van der Waals surface area contributed by atoms with Crippen LogP contribution in [-0.2, 0) is 6.54 Å². The number of nitrogens with zero attached hydrogens (tertiary/aromatic N) is 2. The van der Waals surface area contributed by atoms with Gasteiger partial charge in [0.15, 0.2) is 0 Å². The molecule has 0 aliphatic carbocycles. The van der Waals surface area contributed by atoms with Gasteiger partial charge in [0.1, 0.15) is 5.82 Å². The maximum absolute atomic E-state index is 4.56. The summed E-state index contributed by atoms with van der Waals surface area (Å²) < 4.78 is 0. The van der Waals surface area contributed by atoms with Crippen LogP contribution >= 0.6 is 0 Å². The SMILES string of the molecule is CCCC(CCC)NCc1ccnc(N2CCCCC2)c1. The molecular formula is C18H31N3. The lowest BCUT2D eigenvalue weighted by molar-refractivity contribution is 0.443. The predicted molar refractivity (Wildman–Crippen MR) is 90.7 cm³/mol. The number of hydrogen-bond acceptors (Lipinski definition) is 3. The molecule has 0 bridgehead atoms. The average Bonchev–Trinajstić information content (AvgIpc) is 2.54. The van der Waals surface area contributed by atoms with Gasteiger partial charge in [0, 0.05) is 31.9 Å². The van der Waals surface area contributed by atoms with Crippen molar-refractivity contribution in [2.24, 2.45) is 0 Å². The lowest BCUT2D eigenvalue weighted by Crippen LogP contribution is -2.31. The number of rotatable bonds is 8. The summed E-state index contributed by atoms with van der Waals surface area (Å²) in [6, 6.07) is 5.08. The van der Waals surface area contributed by atoms with Gasteiger partial charge in [0.05, 0.1) is 0 Å². The van der Waals surface area contributed by atoms with Crippen LogP contribution in [0.25, 0.3) is 0 Å². The molecule has 2 heterocycles. The highest BCUT2D eigenvalue weighted by Crippen LogP contribution is 2.18. The first-order chi connectivity index (χ1) is 10.3. The zero-order chi connectivity index (χ0) is 14.9. The van der Waals surface area contributed by atoms with E-state index in [-0.39, 0.29) is 0 Å². The number of nitrogens with one attached hydrogen (secondary N) is 1. The van der Waals surface area contributed by atoms with Gasteiger partial charge < -0.3 is 10.2 Å². The fourth-order valence-corrected chi connectivity index (χ4v) is 3.17. The highest BCUT2D eigenvalue weighted by molar-refractivity contribution is 5.41. The summed E-state index contributed by atoms with van der Waals surface area (Å²) in [5.74, 6) is 1.16. The fraction of sp³-hybridized carbons (Fsp3) is 0.722. The van der Waals surface area contributed by atoms with Crippen molar-refractivity contribution in [3.8, 4) is 0 Å². The normalized spacial score (nSPS) is 15.7. The van der Waals surface area contributed by atoms with Gasteiger partial charge in [-0.25, -0.2) is 4.98 Å². The molecule has 0 atom stereocenters. The minimum Gasteiger partial charge on any atom is -0.357 e. The average molecular weight is 289 g/mol. The Morgan fingerprint density at radius 1 is 1.14 bits per heavy atom. The minimum atomic E-state index is 0.659. The monoisotopic (exact) mass is 289 g/mol. The van der Waals surface area contributed by atoms with E-state index < -0.39 is 0 Å². The molecule has 0 radical (unpaired) electrons. The van der Waals surface area contributed by atoms with Gasteiger partial charge in [-0.3, -0.25) is 0 Å².